The Morgan fingerprint density at radius 1 is 1.21 bits per heavy atom. The summed E-state index contributed by atoms with van der Waals surface area (Å²) in [5, 5.41) is 10.9. The molecule has 7 heteroatoms. The van der Waals surface area contributed by atoms with Gasteiger partial charge in [0, 0.05) is 29.2 Å². The van der Waals surface area contributed by atoms with Gasteiger partial charge in [-0.1, -0.05) is 17.7 Å². The Morgan fingerprint density at radius 3 is 2.69 bits per heavy atom. The topological polar surface area (TPSA) is 73.3 Å². The summed E-state index contributed by atoms with van der Waals surface area (Å²) in [6, 6.07) is 13.5. The van der Waals surface area contributed by atoms with Crippen LogP contribution in [-0.4, -0.2) is 35.9 Å². The molecule has 1 aliphatic heterocycles. The number of hydrogen-bond donors (Lipinski definition) is 1. The van der Waals surface area contributed by atoms with Crippen molar-refractivity contribution in [2.24, 2.45) is 0 Å². The average Bonchev–Trinajstić information content (AvgIpc) is 3.14. The fraction of sp³-hybridized carbons (Fsp3) is 0.227. The number of carbonyl (C=O) groups is 1. The number of aromatic nitrogens is 2. The predicted molar refractivity (Wildman–Crippen MR) is 106 cm³/mol. The average molecular weight is 393 g/mol. The summed E-state index contributed by atoms with van der Waals surface area (Å²) in [4.78, 5) is 12.3. The van der Waals surface area contributed by atoms with Gasteiger partial charge in [0.15, 0.2) is 0 Å². The zero-order valence-corrected chi connectivity index (χ0v) is 16.1. The maximum absolute atomic E-state index is 14.2. The van der Waals surface area contributed by atoms with Crippen LogP contribution in [0.3, 0.4) is 0 Å². The van der Waals surface area contributed by atoms with Gasteiger partial charge in [-0.15, -0.1) is 10.2 Å². The summed E-state index contributed by atoms with van der Waals surface area (Å²) in [6.07, 6.45) is 0.212. The molecule has 0 unspecified atom stereocenters. The number of fused-ring (bicyclic) bond motifs is 1. The summed E-state index contributed by atoms with van der Waals surface area (Å²) in [6.45, 7) is 2.28. The zero-order valence-electron chi connectivity index (χ0n) is 16.1. The molecule has 148 valence electrons. The molecule has 1 aliphatic rings. The molecule has 1 atom stereocenters. The van der Waals surface area contributed by atoms with Crippen molar-refractivity contribution in [3.8, 4) is 22.9 Å². The number of halogens is 1. The molecule has 2 aromatic carbocycles. The van der Waals surface area contributed by atoms with Crippen molar-refractivity contribution in [2.45, 2.75) is 19.4 Å². The lowest BCUT2D eigenvalue weighted by Crippen LogP contribution is -2.34. The molecular formula is C22H20FN3O3. The van der Waals surface area contributed by atoms with Gasteiger partial charge in [0.2, 0.25) is 5.88 Å². The third-order valence-electron chi connectivity index (χ3n) is 4.79. The van der Waals surface area contributed by atoms with E-state index in [9.17, 15) is 9.18 Å². The highest BCUT2D eigenvalue weighted by molar-refractivity contribution is 5.94. The molecule has 0 radical (unpaired) electrons. The molecule has 1 amide bonds. The van der Waals surface area contributed by atoms with Gasteiger partial charge in [-0.3, -0.25) is 4.79 Å². The molecule has 3 aromatic rings. The van der Waals surface area contributed by atoms with Crippen molar-refractivity contribution in [1.29, 1.82) is 0 Å². The Kier molecular flexibility index (Phi) is 5.12. The summed E-state index contributed by atoms with van der Waals surface area (Å²) in [5.74, 6) is 0.404. The largest absolute Gasteiger partial charge is 0.487 e. The second kappa shape index (κ2) is 7.87. The smallest absolute Gasteiger partial charge is 0.251 e. The van der Waals surface area contributed by atoms with Crippen molar-refractivity contribution >= 4 is 5.91 Å². The number of benzene rings is 2. The highest BCUT2D eigenvalue weighted by Crippen LogP contribution is 2.39. The molecular weight excluding hydrogens is 373 g/mol. The summed E-state index contributed by atoms with van der Waals surface area (Å²) >= 11 is 0. The normalized spacial score (nSPS) is 14.8. The van der Waals surface area contributed by atoms with E-state index in [0.717, 1.165) is 11.1 Å². The lowest BCUT2D eigenvalue weighted by Gasteiger charge is -2.13. The first-order chi connectivity index (χ1) is 14.0. The van der Waals surface area contributed by atoms with Crippen LogP contribution < -0.4 is 14.8 Å². The van der Waals surface area contributed by atoms with Gasteiger partial charge in [-0.25, -0.2) is 4.39 Å². The van der Waals surface area contributed by atoms with E-state index in [1.165, 1.54) is 19.2 Å². The standard InChI is InChI=1S/C22H20FN3O3/c1-13-3-5-14(6-4-13)22(27)24-12-17-10-15-9-16(23)11-18(21(15)29-17)19-7-8-20(28-2)26-25-19/h3-9,11,17H,10,12H2,1-2H3,(H,24,27)/t17-/m0/s1. The number of carbonyl (C=O) groups excluding carboxylic acids is 1. The first kappa shape index (κ1) is 18.9. The van der Waals surface area contributed by atoms with Gasteiger partial charge >= 0.3 is 0 Å². The van der Waals surface area contributed by atoms with E-state index in [1.54, 1.807) is 24.3 Å². The van der Waals surface area contributed by atoms with Gasteiger partial charge in [0.05, 0.1) is 19.3 Å². The number of nitrogens with one attached hydrogen (secondary N) is 1. The summed E-state index contributed by atoms with van der Waals surface area (Å²) < 4.78 is 25.2. The number of aryl methyl sites for hydroxylation is 1. The number of ether oxygens (including phenoxy) is 2. The molecule has 29 heavy (non-hydrogen) atoms. The Labute approximate surface area is 167 Å². The molecule has 0 bridgehead atoms. The molecule has 0 spiro atoms. The van der Waals surface area contributed by atoms with Gasteiger partial charge in [0.1, 0.15) is 17.7 Å². The third-order valence-corrected chi connectivity index (χ3v) is 4.79. The summed E-state index contributed by atoms with van der Waals surface area (Å²) in [5.41, 5.74) is 3.44. The van der Waals surface area contributed by atoms with Crippen LogP contribution >= 0.6 is 0 Å². The Hall–Kier alpha value is -3.48. The van der Waals surface area contributed by atoms with Crippen LogP contribution in [0, 0.1) is 12.7 Å². The minimum absolute atomic E-state index is 0.169. The Bertz CT molecular complexity index is 1040. The van der Waals surface area contributed by atoms with E-state index in [1.807, 2.05) is 19.1 Å². The highest BCUT2D eigenvalue weighted by atomic mass is 19.1. The van der Waals surface area contributed by atoms with Crippen LogP contribution in [0.5, 0.6) is 11.6 Å². The van der Waals surface area contributed by atoms with Crippen LogP contribution in [0.15, 0.2) is 48.5 Å². The van der Waals surface area contributed by atoms with Crippen LogP contribution in [0.4, 0.5) is 4.39 Å². The van der Waals surface area contributed by atoms with Crippen molar-refractivity contribution in [3.05, 3.63) is 71.0 Å². The quantitative estimate of drug-likeness (QED) is 0.720. The molecule has 0 saturated carbocycles. The number of amides is 1. The number of methoxy groups -OCH3 is 1. The van der Waals surface area contributed by atoms with Gasteiger partial charge in [-0.05, 0) is 37.3 Å². The second-order valence-corrected chi connectivity index (χ2v) is 6.92. The first-order valence-electron chi connectivity index (χ1n) is 9.25. The van der Waals surface area contributed by atoms with Crippen molar-refractivity contribution < 1.29 is 18.7 Å². The van der Waals surface area contributed by atoms with Crippen LogP contribution in [0.25, 0.3) is 11.3 Å². The van der Waals surface area contributed by atoms with Crippen molar-refractivity contribution in [2.75, 3.05) is 13.7 Å². The number of hydrogen-bond acceptors (Lipinski definition) is 5. The minimum Gasteiger partial charge on any atom is -0.487 e. The monoisotopic (exact) mass is 393 g/mol. The molecule has 1 aromatic heterocycles. The molecule has 2 heterocycles. The van der Waals surface area contributed by atoms with E-state index in [2.05, 4.69) is 15.5 Å². The van der Waals surface area contributed by atoms with E-state index in [4.69, 9.17) is 9.47 Å². The molecule has 4 rings (SSSR count). The molecule has 1 N–H and O–H groups in total. The first-order valence-corrected chi connectivity index (χ1v) is 9.25. The zero-order chi connectivity index (χ0) is 20.4. The van der Waals surface area contributed by atoms with E-state index in [0.29, 0.717) is 41.4 Å². The Balaban J connectivity index is 1.48. The lowest BCUT2D eigenvalue weighted by atomic mass is 10.0. The van der Waals surface area contributed by atoms with Gasteiger partial charge < -0.3 is 14.8 Å². The van der Waals surface area contributed by atoms with Gasteiger partial charge in [-0.2, -0.15) is 0 Å². The maximum atomic E-state index is 14.2. The fourth-order valence-electron chi connectivity index (χ4n) is 3.28. The third kappa shape index (κ3) is 4.03. The molecule has 6 nitrogen and oxygen atoms in total. The SMILES string of the molecule is COc1ccc(-c2cc(F)cc3c2O[C@H](CNC(=O)c2ccc(C)cc2)C3)nn1. The van der Waals surface area contributed by atoms with Gasteiger partial charge in [0.25, 0.3) is 5.91 Å². The fourth-order valence-corrected chi connectivity index (χ4v) is 3.28. The number of rotatable bonds is 5. The maximum Gasteiger partial charge on any atom is 0.251 e. The van der Waals surface area contributed by atoms with E-state index in [-0.39, 0.29) is 17.8 Å². The van der Waals surface area contributed by atoms with E-state index >= 15 is 0 Å². The van der Waals surface area contributed by atoms with E-state index < -0.39 is 0 Å². The number of nitrogens with zero attached hydrogens (tertiary/aromatic N) is 2. The lowest BCUT2D eigenvalue weighted by molar-refractivity contribution is 0.0933. The van der Waals surface area contributed by atoms with Crippen molar-refractivity contribution in [1.82, 2.24) is 15.5 Å². The minimum atomic E-state index is -0.371. The van der Waals surface area contributed by atoms with Crippen LogP contribution in [0.2, 0.25) is 0 Å². The Morgan fingerprint density at radius 2 is 2.00 bits per heavy atom. The summed E-state index contributed by atoms with van der Waals surface area (Å²) in [7, 11) is 1.50. The van der Waals surface area contributed by atoms with Crippen LogP contribution in [0.1, 0.15) is 21.5 Å². The van der Waals surface area contributed by atoms with Crippen molar-refractivity contribution in [3.63, 3.8) is 0 Å². The molecule has 0 saturated heterocycles. The highest BCUT2D eigenvalue weighted by Gasteiger charge is 2.28. The second-order valence-electron chi connectivity index (χ2n) is 6.92. The van der Waals surface area contributed by atoms with Crippen LogP contribution in [-0.2, 0) is 6.42 Å². The predicted octanol–water partition coefficient (Wildman–Crippen LogP) is 3.33. The molecule has 0 aliphatic carbocycles. The molecule has 0 fully saturated rings.